The van der Waals surface area contributed by atoms with Gasteiger partial charge >= 0.3 is 17.9 Å². The van der Waals surface area contributed by atoms with Crippen LogP contribution in [0.3, 0.4) is 0 Å². The Labute approximate surface area is 257 Å². The summed E-state index contributed by atoms with van der Waals surface area (Å²) in [5.74, 6) is -1.55. The molecule has 6 rings (SSSR count). The minimum absolute atomic E-state index is 0.0236. The first kappa shape index (κ1) is 29.4. The van der Waals surface area contributed by atoms with Crippen LogP contribution in [0.1, 0.15) is 59.7 Å². The van der Waals surface area contributed by atoms with Gasteiger partial charge in [0.15, 0.2) is 0 Å². The van der Waals surface area contributed by atoms with Crippen LogP contribution in [0.4, 0.5) is 0 Å². The summed E-state index contributed by atoms with van der Waals surface area (Å²) in [6.07, 6.45) is 9.52. The molecule has 0 radical (unpaired) electrons. The Balaban J connectivity index is 1.29. The van der Waals surface area contributed by atoms with Crippen LogP contribution in [0.5, 0.6) is 0 Å². The van der Waals surface area contributed by atoms with Crippen LogP contribution in [0, 0.1) is 11.8 Å². The van der Waals surface area contributed by atoms with Crippen LogP contribution in [0.15, 0.2) is 109 Å². The molecule has 6 nitrogen and oxygen atoms in total. The maximum absolute atomic E-state index is 13.7. The van der Waals surface area contributed by atoms with Gasteiger partial charge in [0.2, 0.25) is 0 Å². The van der Waals surface area contributed by atoms with Crippen molar-refractivity contribution in [2.75, 3.05) is 0 Å². The van der Waals surface area contributed by atoms with Crippen molar-refractivity contribution < 1.29 is 28.6 Å². The Morgan fingerprint density at radius 1 is 0.750 bits per heavy atom. The van der Waals surface area contributed by atoms with E-state index in [9.17, 15) is 14.4 Å². The second-order valence-corrected chi connectivity index (χ2v) is 11.7. The van der Waals surface area contributed by atoms with E-state index in [1.54, 1.807) is 18.2 Å². The summed E-state index contributed by atoms with van der Waals surface area (Å²) in [7, 11) is 0. The lowest BCUT2D eigenvalue weighted by atomic mass is 9.89. The van der Waals surface area contributed by atoms with Gasteiger partial charge in [0.1, 0.15) is 12.2 Å². The van der Waals surface area contributed by atoms with Crippen LogP contribution >= 0.6 is 0 Å². The van der Waals surface area contributed by atoms with Crippen molar-refractivity contribution in [3.8, 4) is 0 Å². The number of cyclic esters (lactones) is 1. The molecular formula is C38H36O6. The molecule has 0 amide bonds. The molecule has 44 heavy (non-hydrogen) atoms. The third kappa shape index (κ3) is 6.60. The van der Waals surface area contributed by atoms with E-state index in [0.29, 0.717) is 24.0 Å². The Morgan fingerprint density at radius 3 is 2.05 bits per heavy atom. The molecule has 0 aromatic heterocycles. The first-order valence-electron chi connectivity index (χ1n) is 15.4. The number of carbonyl (C=O) groups is 3. The first-order valence-corrected chi connectivity index (χ1v) is 15.4. The Kier molecular flexibility index (Phi) is 8.87. The number of allylic oxidation sites excluding steroid dienone is 2. The molecule has 0 bridgehead atoms. The molecule has 4 aromatic carbocycles. The average Bonchev–Trinajstić information content (AvgIpc) is 3.43. The zero-order valence-corrected chi connectivity index (χ0v) is 24.8. The largest absolute Gasteiger partial charge is 0.460 e. The lowest BCUT2D eigenvalue weighted by Crippen LogP contribution is -2.28. The van der Waals surface area contributed by atoms with Gasteiger partial charge in [-0.3, -0.25) is 0 Å². The minimum Gasteiger partial charge on any atom is -0.460 e. The molecule has 1 heterocycles. The van der Waals surface area contributed by atoms with Gasteiger partial charge in [-0.1, -0.05) is 84.9 Å². The molecule has 224 valence electrons. The van der Waals surface area contributed by atoms with Crippen LogP contribution in [-0.4, -0.2) is 36.2 Å². The highest BCUT2D eigenvalue weighted by atomic mass is 16.6. The number of hydrogen-bond acceptors (Lipinski definition) is 6. The van der Waals surface area contributed by atoms with E-state index in [-0.39, 0.29) is 30.0 Å². The highest BCUT2D eigenvalue weighted by molar-refractivity contribution is 6.05. The summed E-state index contributed by atoms with van der Waals surface area (Å²) in [5.41, 5.74) is 0.983. The van der Waals surface area contributed by atoms with Crippen LogP contribution in [0.25, 0.3) is 21.5 Å². The fraction of sp³-hybridized carbons (Fsp3) is 0.289. The highest BCUT2D eigenvalue weighted by Gasteiger charge is 2.41. The van der Waals surface area contributed by atoms with Crippen molar-refractivity contribution in [3.63, 3.8) is 0 Å². The molecule has 0 N–H and O–H groups in total. The van der Waals surface area contributed by atoms with Gasteiger partial charge in [0, 0.05) is 12.0 Å². The van der Waals surface area contributed by atoms with Crippen LogP contribution in [-0.2, 0) is 19.0 Å². The van der Waals surface area contributed by atoms with E-state index >= 15 is 0 Å². The van der Waals surface area contributed by atoms with Gasteiger partial charge in [-0.05, 0) is 84.7 Å². The van der Waals surface area contributed by atoms with Gasteiger partial charge < -0.3 is 14.2 Å². The fourth-order valence-corrected chi connectivity index (χ4v) is 6.49. The van der Waals surface area contributed by atoms with Gasteiger partial charge in [-0.25, -0.2) is 14.4 Å². The summed E-state index contributed by atoms with van der Waals surface area (Å²) < 4.78 is 17.9. The van der Waals surface area contributed by atoms with Crippen molar-refractivity contribution in [2.24, 2.45) is 11.8 Å². The predicted octanol–water partition coefficient (Wildman–Crippen LogP) is 8.00. The molecule has 4 aromatic rings. The summed E-state index contributed by atoms with van der Waals surface area (Å²) in [5, 5.41) is 3.55. The summed E-state index contributed by atoms with van der Waals surface area (Å²) in [6.45, 7) is 1.89. The third-order valence-electron chi connectivity index (χ3n) is 8.68. The number of hydrogen-bond donors (Lipinski definition) is 0. The van der Waals surface area contributed by atoms with Crippen molar-refractivity contribution in [1.82, 2.24) is 0 Å². The van der Waals surface area contributed by atoms with E-state index in [1.165, 1.54) is 6.08 Å². The molecule has 6 heteroatoms. The molecule has 1 fully saturated rings. The monoisotopic (exact) mass is 588 g/mol. The lowest BCUT2D eigenvalue weighted by Gasteiger charge is -2.25. The second kappa shape index (κ2) is 13.3. The number of carbonyl (C=O) groups excluding carboxylic acids is 3. The molecule has 2 aliphatic rings. The zero-order chi connectivity index (χ0) is 30.5. The molecule has 0 saturated heterocycles. The van der Waals surface area contributed by atoms with Crippen LogP contribution in [0.2, 0.25) is 0 Å². The first-order chi connectivity index (χ1) is 21.5. The summed E-state index contributed by atoms with van der Waals surface area (Å²) >= 11 is 0. The third-order valence-corrected chi connectivity index (χ3v) is 8.68. The number of rotatable bonds is 4. The van der Waals surface area contributed by atoms with Gasteiger partial charge in [-0.2, -0.15) is 0 Å². The fourth-order valence-electron chi connectivity index (χ4n) is 6.49. The number of ether oxygens (including phenoxy) is 3. The van der Waals surface area contributed by atoms with Crippen molar-refractivity contribution in [1.29, 1.82) is 0 Å². The van der Waals surface area contributed by atoms with Crippen molar-refractivity contribution in [2.45, 2.75) is 57.3 Å². The SMILES string of the molecule is C[C@H]1CCC/C=C/[C@@H]2C[C@H](OC(=O)c3cccc4ccccc34)C[C@H]2[C@H](OC(=O)c2cccc3ccccc23)/C=C/C(=O)O1. The summed E-state index contributed by atoms with van der Waals surface area (Å²) in [4.78, 5) is 39.8. The van der Waals surface area contributed by atoms with Gasteiger partial charge in [0.25, 0.3) is 0 Å². The molecule has 0 unspecified atom stereocenters. The number of fused-ring (bicyclic) bond motifs is 3. The minimum atomic E-state index is -0.735. The Bertz CT molecular complexity index is 1730. The maximum atomic E-state index is 13.7. The molecule has 1 aliphatic heterocycles. The smallest absolute Gasteiger partial charge is 0.339 e. The topological polar surface area (TPSA) is 78.9 Å². The van der Waals surface area contributed by atoms with E-state index < -0.39 is 18.0 Å². The van der Waals surface area contributed by atoms with Crippen molar-refractivity contribution >= 4 is 39.5 Å². The lowest BCUT2D eigenvalue weighted by molar-refractivity contribution is -0.142. The maximum Gasteiger partial charge on any atom is 0.339 e. The highest BCUT2D eigenvalue weighted by Crippen LogP contribution is 2.40. The van der Waals surface area contributed by atoms with E-state index in [4.69, 9.17) is 14.2 Å². The molecule has 5 atom stereocenters. The predicted molar refractivity (Wildman–Crippen MR) is 170 cm³/mol. The molecule has 0 spiro atoms. The van der Waals surface area contributed by atoms with Crippen molar-refractivity contribution in [3.05, 3.63) is 120 Å². The Morgan fingerprint density at radius 2 is 1.36 bits per heavy atom. The Hall–Kier alpha value is -4.71. The zero-order valence-electron chi connectivity index (χ0n) is 24.8. The normalized spacial score (nSPS) is 25.5. The number of esters is 3. The molecule has 1 saturated carbocycles. The standard InChI is InChI=1S/C38H36O6/c1-25-11-3-2-4-14-28-23-29(43-37(40)32-19-9-15-26-12-5-7-17-30(26)32)24-34(28)35(21-22-36(39)42-25)44-38(41)33-20-10-16-27-13-6-8-18-31(27)33/h4-10,12-22,25,28-29,34-35H,2-3,11,23-24H2,1H3/b14-4+,22-21+/t25-,28+,29-,34+,35+/m0/s1. The van der Waals surface area contributed by atoms with E-state index in [0.717, 1.165) is 40.8 Å². The van der Waals surface area contributed by atoms with E-state index in [1.807, 2.05) is 79.7 Å². The summed E-state index contributed by atoms with van der Waals surface area (Å²) in [6, 6.07) is 26.6. The van der Waals surface area contributed by atoms with Gasteiger partial charge in [-0.15, -0.1) is 0 Å². The van der Waals surface area contributed by atoms with Gasteiger partial charge in [0.05, 0.1) is 17.2 Å². The van der Waals surface area contributed by atoms with Crippen LogP contribution < -0.4 is 0 Å². The average molecular weight is 589 g/mol. The number of benzene rings is 4. The quantitative estimate of drug-likeness (QED) is 0.137. The molecular weight excluding hydrogens is 552 g/mol. The van der Waals surface area contributed by atoms with E-state index in [2.05, 4.69) is 12.2 Å². The molecule has 1 aliphatic carbocycles. The second-order valence-electron chi connectivity index (χ2n) is 11.7.